The maximum Gasteiger partial charge on any atom is 0.183 e. The average Bonchev–Trinajstić information content (AvgIpc) is 2.21. The summed E-state index contributed by atoms with van der Waals surface area (Å²) in [6.07, 6.45) is 0. The minimum absolute atomic E-state index is 0.605. The van der Waals surface area contributed by atoms with Crippen LogP contribution in [0, 0.1) is 6.92 Å². The zero-order valence-electron chi connectivity index (χ0n) is 5.29. The van der Waals surface area contributed by atoms with Gasteiger partial charge in [0.25, 0.3) is 0 Å². The lowest BCUT2D eigenvalue weighted by Gasteiger charge is -1.74. The van der Waals surface area contributed by atoms with Crippen molar-refractivity contribution >= 4 is 37.5 Å². The molecule has 2 heterocycles. The summed E-state index contributed by atoms with van der Waals surface area (Å²) in [5.41, 5.74) is 5.46. The molecule has 0 aliphatic carbocycles. The zero-order valence-corrected chi connectivity index (χ0v) is 6.92. The molecule has 52 valence electrons. The van der Waals surface area contributed by atoms with Gasteiger partial charge in [-0.2, -0.15) is 0 Å². The Labute approximate surface area is 65.5 Å². The molecule has 0 aliphatic rings. The van der Waals surface area contributed by atoms with Gasteiger partial charge in [-0.1, -0.05) is 22.7 Å². The number of nitrogens with zero attached hydrogens (tertiary/aromatic N) is 2. The highest BCUT2D eigenvalue weighted by Crippen LogP contribution is 2.27. The molecule has 2 rings (SSSR count). The summed E-state index contributed by atoms with van der Waals surface area (Å²) in [5, 5.41) is 1.66. The quantitative estimate of drug-likeness (QED) is 0.655. The Hall–Kier alpha value is -0.680. The van der Waals surface area contributed by atoms with Crippen molar-refractivity contribution in [1.82, 2.24) is 9.97 Å². The van der Waals surface area contributed by atoms with Crippen molar-refractivity contribution in [2.24, 2.45) is 0 Å². The number of anilines is 1. The highest BCUT2D eigenvalue weighted by Gasteiger charge is 2.04. The Morgan fingerprint density at radius 3 is 2.60 bits per heavy atom. The van der Waals surface area contributed by atoms with E-state index in [2.05, 4.69) is 9.97 Å². The molecule has 0 fully saturated rings. The Balaban J connectivity index is 2.83. The van der Waals surface area contributed by atoms with Crippen LogP contribution in [0.25, 0.3) is 9.66 Å². The Kier molecular flexibility index (Phi) is 1.15. The van der Waals surface area contributed by atoms with Crippen LogP contribution < -0.4 is 5.73 Å². The van der Waals surface area contributed by atoms with E-state index >= 15 is 0 Å². The monoisotopic (exact) mass is 171 g/mol. The average molecular weight is 171 g/mol. The maximum absolute atomic E-state index is 5.46. The van der Waals surface area contributed by atoms with Crippen LogP contribution in [0.4, 0.5) is 5.13 Å². The number of aromatic nitrogens is 2. The lowest BCUT2D eigenvalue weighted by Crippen LogP contribution is -1.78. The molecule has 2 aromatic heterocycles. The summed E-state index contributed by atoms with van der Waals surface area (Å²) in [7, 11) is 0. The summed E-state index contributed by atoms with van der Waals surface area (Å²) < 4.78 is 0. The predicted molar refractivity (Wildman–Crippen MR) is 44.4 cm³/mol. The van der Waals surface area contributed by atoms with Crippen molar-refractivity contribution in [2.75, 3.05) is 5.73 Å². The van der Waals surface area contributed by atoms with Crippen molar-refractivity contribution in [1.29, 1.82) is 0 Å². The molecule has 0 unspecified atom stereocenters. The van der Waals surface area contributed by atoms with Crippen LogP contribution in [0.2, 0.25) is 0 Å². The summed E-state index contributed by atoms with van der Waals surface area (Å²) in [4.78, 5) is 10.2. The van der Waals surface area contributed by atoms with Crippen LogP contribution in [-0.2, 0) is 0 Å². The van der Waals surface area contributed by atoms with E-state index in [1.54, 1.807) is 11.3 Å². The molecule has 0 spiro atoms. The summed E-state index contributed by atoms with van der Waals surface area (Å²) in [6, 6.07) is 0. The highest BCUT2D eigenvalue weighted by atomic mass is 32.1. The van der Waals surface area contributed by atoms with Crippen LogP contribution in [0.5, 0.6) is 0 Å². The van der Waals surface area contributed by atoms with Crippen molar-refractivity contribution in [3.8, 4) is 0 Å². The lowest BCUT2D eigenvalue weighted by molar-refractivity contribution is 1.36. The van der Waals surface area contributed by atoms with E-state index in [9.17, 15) is 0 Å². The first-order chi connectivity index (χ1) is 4.75. The van der Waals surface area contributed by atoms with Gasteiger partial charge < -0.3 is 5.73 Å². The highest BCUT2D eigenvalue weighted by molar-refractivity contribution is 7.28. The van der Waals surface area contributed by atoms with E-state index in [1.807, 2.05) is 6.92 Å². The van der Waals surface area contributed by atoms with Crippen LogP contribution in [0.1, 0.15) is 5.01 Å². The predicted octanol–water partition coefficient (Wildman–Crippen LogP) is 1.64. The second-order valence-corrected chi connectivity index (χ2v) is 4.09. The molecule has 3 nitrogen and oxygen atoms in total. The molecule has 0 atom stereocenters. The van der Waals surface area contributed by atoms with Gasteiger partial charge in [0.1, 0.15) is 0 Å². The number of fused-ring (bicyclic) bond motifs is 1. The first-order valence-corrected chi connectivity index (χ1v) is 4.38. The van der Waals surface area contributed by atoms with E-state index in [-0.39, 0.29) is 0 Å². The molecule has 0 aliphatic heterocycles. The molecular weight excluding hydrogens is 166 g/mol. The fourth-order valence-electron chi connectivity index (χ4n) is 0.756. The second kappa shape index (κ2) is 1.90. The standard InChI is InChI=1S/C5H5N3S2/c1-2-7-3-4(9-2)8-5(6)10-3/h1H3,(H2,6,8). The lowest BCUT2D eigenvalue weighted by atomic mass is 10.8. The third kappa shape index (κ3) is 0.783. The molecule has 0 saturated heterocycles. The van der Waals surface area contributed by atoms with Crippen LogP contribution >= 0.6 is 22.7 Å². The fourth-order valence-corrected chi connectivity index (χ4v) is 2.47. The molecule has 0 aromatic carbocycles. The molecular formula is C5H5N3S2. The fraction of sp³-hybridized carbons (Fsp3) is 0.200. The number of aryl methyl sites for hydroxylation is 1. The van der Waals surface area contributed by atoms with Gasteiger partial charge in [0.15, 0.2) is 14.8 Å². The molecule has 0 amide bonds. The van der Waals surface area contributed by atoms with Gasteiger partial charge in [-0.05, 0) is 6.92 Å². The smallest absolute Gasteiger partial charge is 0.183 e. The molecule has 2 N–H and O–H groups in total. The van der Waals surface area contributed by atoms with Crippen LogP contribution in [0.15, 0.2) is 0 Å². The van der Waals surface area contributed by atoms with E-state index < -0.39 is 0 Å². The Morgan fingerprint density at radius 1 is 1.20 bits per heavy atom. The Morgan fingerprint density at radius 2 is 1.90 bits per heavy atom. The number of thiazole rings is 2. The van der Waals surface area contributed by atoms with Crippen LogP contribution in [0.3, 0.4) is 0 Å². The molecule has 0 saturated carbocycles. The largest absolute Gasteiger partial charge is 0.375 e. The Bertz CT molecular complexity index is 299. The topological polar surface area (TPSA) is 51.8 Å². The van der Waals surface area contributed by atoms with Gasteiger partial charge >= 0.3 is 0 Å². The van der Waals surface area contributed by atoms with E-state index in [4.69, 9.17) is 5.73 Å². The van der Waals surface area contributed by atoms with Gasteiger partial charge in [-0.25, -0.2) is 9.97 Å². The normalized spacial score (nSPS) is 10.9. The molecule has 0 bridgehead atoms. The van der Waals surface area contributed by atoms with Gasteiger partial charge in [-0.15, -0.1) is 0 Å². The molecule has 5 heteroatoms. The van der Waals surface area contributed by atoms with E-state index in [0.717, 1.165) is 14.7 Å². The SMILES string of the molecule is Cc1nc2sc(N)nc2s1. The van der Waals surface area contributed by atoms with Crippen molar-refractivity contribution in [3.05, 3.63) is 5.01 Å². The van der Waals surface area contributed by atoms with E-state index in [1.165, 1.54) is 11.3 Å². The van der Waals surface area contributed by atoms with E-state index in [0.29, 0.717) is 5.13 Å². The third-order valence-electron chi connectivity index (χ3n) is 1.10. The minimum Gasteiger partial charge on any atom is -0.375 e. The number of rotatable bonds is 0. The number of nitrogen functional groups attached to an aromatic ring is 1. The van der Waals surface area contributed by atoms with Crippen LogP contribution in [-0.4, -0.2) is 9.97 Å². The first-order valence-electron chi connectivity index (χ1n) is 2.75. The van der Waals surface area contributed by atoms with Gasteiger partial charge in [-0.3, -0.25) is 0 Å². The maximum atomic E-state index is 5.46. The van der Waals surface area contributed by atoms with Crippen molar-refractivity contribution in [3.63, 3.8) is 0 Å². The first kappa shape index (κ1) is 6.06. The molecule has 0 radical (unpaired) electrons. The van der Waals surface area contributed by atoms with Gasteiger partial charge in [0.2, 0.25) is 0 Å². The van der Waals surface area contributed by atoms with Gasteiger partial charge in [0, 0.05) is 0 Å². The number of nitrogens with two attached hydrogens (primary N) is 1. The number of hydrogen-bond acceptors (Lipinski definition) is 5. The summed E-state index contributed by atoms with van der Waals surface area (Å²) in [6.45, 7) is 1.97. The van der Waals surface area contributed by atoms with Gasteiger partial charge in [0.05, 0.1) is 5.01 Å². The molecule has 2 aromatic rings. The van der Waals surface area contributed by atoms with Crippen molar-refractivity contribution < 1.29 is 0 Å². The summed E-state index contributed by atoms with van der Waals surface area (Å²) >= 11 is 3.02. The third-order valence-corrected chi connectivity index (χ3v) is 2.87. The number of hydrogen-bond donors (Lipinski definition) is 1. The zero-order chi connectivity index (χ0) is 7.14. The minimum atomic E-state index is 0.605. The molecule has 10 heavy (non-hydrogen) atoms. The second-order valence-electron chi connectivity index (χ2n) is 1.90. The summed E-state index contributed by atoms with van der Waals surface area (Å²) in [5.74, 6) is 0. The van der Waals surface area contributed by atoms with Crippen molar-refractivity contribution in [2.45, 2.75) is 6.92 Å².